The van der Waals surface area contributed by atoms with Gasteiger partial charge in [0.25, 0.3) is 0 Å². The van der Waals surface area contributed by atoms with Crippen LogP contribution in [-0.4, -0.2) is 40.8 Å². The summed E-state index contributed by atoms with van der Waals surface area (Å²) in [5, 5.41) is 8.63. The zero-order valence-corrected chi connectivity index (χ0v) is 12.1. The summed E-state index contributed by atoms with van der Waals surface area (Å²) in [5.74, 6) is -0.347. The van der Waals surface area contributed by atoms with Gasteiger partial charge in [0.15, 0.2) is 0 Å². The average Bonchev–Trinajstić information content (AvgIpc) is 2.26. The molecule has 0 saturated carbocycles. The van der Waals surface area contributed by atoms with Crippen LogP contribution in [0.2, 0.25) is 0 Å². The second-order valence-electron chi connectivity index (χ2n) is 6.22. The summed E-state index contributed by atoms with van der Waals surface area (Å²) >= 11 is 0. The fourth-order valence-corrected chi connectivity index (χ4v) is 2.33. The van der Waals surface area contributed by atoms with Crippen LogP contribution in [0, 0.1) is 5.92 Å². The van der Waals surface area contributed by atoms with Crippen molar-refractivity contribution in [3.8, 4) is 0 Å². The second kappa shape index (κ2) is 6.78. The van der Waals surface area contributed by atoms with Crippen molar-refractivity contribution in [2.45, 2.75) is 58.5 Å². The van der Waals surface area contributed by atoms with E-state index in [4.69, 9.17) is 9.84 Å². The number of nitrogens with zero attached hydrogens (tertiary/aromatic N) is 1. The van der Waals surface area contributed by atoms with Crippen LogP contribution in [0.5, 0.6) is 0 Å². The van der Waals surface area contributed by atoms with E-state index in [9.17, 15) is 9.59 Å². The number of piperidine rings is 1. The highest BCUT2D eigenvalue weighted by Crippen LogP contribution is 2.23. The second-order valence-corrected chi connectivity index (χ2v) is 6.22. The summed E-state index contributed by atoms with van der Waals surface area (Å²) < 4.78 is 5.36. The fraction of sp³-hybridized carbons (Fsp3) is 0.857. The van der Waals surface area contributed by atoms with Crippen LogP contribution in [0.3, 0.4) is 0 Å². The highest BCUT2D eigenvalue weighted by molar-refractivity contribution is 5.68. The molecule has 0 aromatic heterocycles. The van der Waals surface area contributed by atoms with Gasteiger partial charge in [0, 0.05) is 19.5 Å². The van der Waals surface area contributed by atoms with Crippen molar-refractivity contribution in [3.63, 3.8) is 0 Å². The largest absolute Gasteiger partial charge is 0.481 e. The summed E-state index contributed by atoms with van der Waals surface area (Å²) in [6.45, 7) is 7.01. The van der Waals surface area contributed by atoms with Crippen molar-refractivity contribution >= 4 is 12.1 Å². The number of amides is 1. The molecule has 1 heterocycles. The molecule has 1 aliphatic heterocycles. The van der Waals surface area contributed by atoms with Crippen LogP contribution in [-0.2, 0) is 9.53 Å². The molecule has 1 saturated heterocycles. The van der Waals surface area contributed by atoms with Gasteiger partial charge < -0.3 is 14.7 Å². The van der Waals surface area contributed by atoms with Crippen molar-refractivity contribution in [2.75, 3.05) is 13.1 Å². The minimum Gasteiger partial charge on any atom is -0.481 e. The maximum absolute atomic E-state index is 12.0. The molecule has 1 fully saturated rings. The number of carboxylic acid groups (broad SMARTS) is 1. The van der Waals surface area contributed by atoms with E-state index in [0.29, 0.717) is 18.9 Å². The van der Waals surface area contributed by atoms with Crippen molar-refractivity contribution in [1.82, 2.24) is 4.90 Å². The first-order chi connectivity index (χ1) is 8.78. The normalized spacial score (nSPS) is 20.2. The van der Waals surface area contributed by atoms with Gasteiger partial charge in [0.1, 0.15) is 5.60 Å². The molecule has 0 spiro atoms. The zero-order chi connectivity index (χ0) is 14.5. The lowest BCUT2D eigenvalue weighted by molar-refractivity contribution is -0.137. The van der Waals surface area contributed by atoms with Crippen LogP contribution in [0.25, 0.3) is 0 Å². The third-order valence-corrected chi connectivity index (χ3v) is 3.17. The van der Waals surface area contributed by atoms with E-state index in [2.05, 4.69) is 0 Å². The van der Waals surface area contributed by atoms with Crippen molar-refractivity contribution in [2.24, 2.45) is 5.92 Å². The first kappa shape index (κ1) is 15.8. The molecule has 0 unspecified atom stereocenters. The van der Waals surface area contributed by atoms with Gasteiger partial charge in [-0.1, -0.05) is 0 Å². The van der Waals surface area contributed by atoms with E-state index in [0.717, 1.165) is 25.8 Å². The molecule has 0 aromatic rings. The number of ether oxygens (including phenoxy) is 1. The van der Waals surface area contributed by atoms with Gasteiger partial charge in [0.2, 0.25) is 0 Å². The molecule has 5 nitrogen and oxygen atoms in total. The molecular weight excluding hydrogens is 246 g/mol. The lowest BCUT2D eigenvalue weighted by Gasteiger charge is -2.34. The Morgan fingerprint density at radius 2 is 2.05 bits per heavy atom. The molecule has 1 atom stereocenters. The molecule has 0 bridgehead atoms. The Morgan fingerprint density at radius 1 is 1.37 bits per heavy atom. The summed E-state index contributed by atoms with van der Waals surface area (Å²) in [6.07, 6.45) is 3.54. The third kappa shape index (κ3) is 6.45. The molecule has 110 valence electrons. The van der Waals surface area contributed by atoms with Gasteiger partial charge in [-0.25, -0.2) is 4.79 Å². The number of likely N-dealkylation sites (tertiary alicyclic amines) is 1. The molecule has 1 amide bonds. The molecule has 1 aliphatic rings. The zero-order valence-electron chi connectivity index (χ0n) is 12.1. The smallest absolute Gasteiger partial charge is 0.410 e. The lowest BCUT2D eigenvalue weighted by Crippen LogP contribution is -2.42. The van der Waals surface area contributed by atoms with Gasteiger partial charge in [-0.05, 0) is 52.4 Å². The lowest BCUT2D eigenvalue weighted by atomic mass is 9.93. The van der Waals surface area contributed by atoms with E-state index in [1.54, 1.807) is 4.90 Å². The van der Waals surface area contributed by atoms with Crippen LogP contribution in [0.1, 0.15) is 52.9 Å². The number of carbonyl (C=O) groups excluding carboxylic acids is 1. The minimum absolute atomic E-state index is 0.211. The SMILES string of the molecule is CC(C)(C)OC(=O)N1CCC[C@H](CCCC(=O)O)C1. The predicted molar refractivity (Wildman–Crippen MR) is 72.0 cm³/mol. The Balaban J connectivity index is 2.37. The minimum atomic E-state index is -0.750. The van der Waals surface area contributed by atoms with Crippen LogP contribution in [0.15, 0.2) is 0 Å². The van der Waals surface area contributed by atoms with Crippen LogP contribution >= 0.6 is 0 Å². The summed E-state index contributed by atoms with van der Waals surface area (Å²) in [6, 6.07) is 0. The average molecular weight is 271 g/mol. The Morgan fingerprint density at radius 3 is 2.63 bits per heavy atom. The number of carbonyl (C=O) groups is 2. The van der Waals surface area contributed by atoms with Crippen molar-refractivity contribution in [3.05, 3.63) is 0 Å². The van der Waals surface area contributed by atoms with E-state index in [1.165, 1.54) is 0 Å². The van der Waals surface area contributed by atoms with E-state index in [1.807, 2.05) is 20.8 Å². The Hall–Kier alpha value is -1.26. The molecule has 5 heteroatoms. The van der Waals surface area contributed by atoms with E-state index in [-0.39, 0.29) is 12.5 Å². The number of aliphatic carboxylic acids is 1. The fourth-order valence-electron chi connectivity index (χ4n) is 2.33. The monoisotopic (exact) mass is 271 g/mol. The highest BCUT2D eigenvalue weighted by Gasteiger charge is 2.27. The van der Waals surface area contributed by atoms with Crippen LogP contribution in [0.4, 0.5) is 4.79 Å². The molecule has 1 N–H and O–H groups in total. The molecular formula is C14H25NO4. The van der Waals surface area contributed by atoms with Crippen molar-refractivity contribution in [1.29, 1.82) is 0 Å². The quantitative estimate of drug-likeness (QED) is 0.853. The van der Waals surface area contributed by atoms with Gasteiger partial charge in [-0.2, -0.15) is 0 Å². The number of rotatable bonds is 4. The Bertz CT molecular complexity index is 322. The first-order valence-corrected chi connectivity index (χ1v) is 6.97. The standard InChI is InChI=1S/C14H25NO4/c1-14(2,3)19-13(18)15-9-5-7-11(10-15)6-4-8-12(16)17/h11H,4-10H2,1-3H3,(H,16,17)/t11-/m0/s1. The Labute approximate surface area is 114 Å². The summed E-state index contributed by atoms with van der Waals surface area (Å²) in [5.41, 5.74) is -0.465. The summed E-state index contributed by atoms with van der Waals surface area (Å²) in [4.78, 5) is 24.2. The molecule has 0 radical (unpaired) electrons. The van der Waals surface area contributed by atoms with Gasteiger partial charge in [0.05, 0.1) is 0 Å². The number of hydrogen-bond acceptors (Lipinski definition) is 3. The third-order valence-electron chi connectivity index (χ3n) is 3.17. The van der Waals surface area contributed by atoms with E-state index < -0.39 is 11.6 Å². The van der Waals surface area contributed by atoms with Crippen LogP contribution < -0.4 is 0 Å². The molecule has 0 aromatic carbocycles. The Kier molecular flexibility index (Phi) is 5.63. The van der Waals surface area contributed by atoms with Gasteiger partial charge in [-0.3, -0.25) is 4.79 Å². The molecule has 1 rings (SSSR count). The maximum Gasteiger partial charge on any atom is 0.410 e. The van der Waals surface area contributed by atoms with Crippen molar-refractivity contribution < 1.29 is 19.4 Å². The van der Waals surface area contributed by atoms with Gasteiger partial charge >= 0.3 is 12.1 Å². The maximum atomic E-state index is 12.0. The number of carboxylic acids is 1. The van der Waals surface area contributed by atoms with Gasteiger partial charge in [-0.15, -0.1) is 0 Å². The summed E-state index contributed by atoms with van der Waals surface area (Å²) in [7, 11) is 0. The molecule has 0 aliphatic carbocycles. The number of hydrogen-bond donors (Lipinski definition) is 1. The van der Waals surface area contributed by atoms with E-state index >= 15 is 0 Å². The predicted octanol–water partition coefficient (Wildman–Crippen LogP) is 2.89. The first-order valence-electron chi connectivity index (χ1n) is 6.97. The topological polar surface area (TPSA) is 66.8 Å². The highest BCUT2D eigenvalue weighted by atomic mass is 16.6. The molecule has 19 heavy (non-hydrogen) atoms.